The lowest BCUT2D eigenvalue weighted by atomic mass is 10.2. The second-order valence-electron chi connectivity index (χ2n) is 6.84. The Morgan fingerprint density at radius 1 is 0.966 bits per heavy atom. The van der Waals surface area contributed by atoms with E-state index >= 15 is 0 Å². The zero-order valence-corrected chi connectivity index (χ0v) is 17.8. The average molecular weight is 448 g/mol. The summed E-state index contributed by atoms with van der Waals surface area (Å²) in [6.45, 7) is 4.18. The van der Waals surface area contributed by atoms with Crippen LogP contribution in [0.3, 0.4) is 0 Å². The van der Waals surface area contributed by atoms with Crippen molar-refractivity contribution in [1.29, 1.82) is 0 Å². The van der Waals surface area contributed by atoms with Crippen LogP contribution in [0, 0.1) is 13.8 Å². The molecule has 0 unspecified atom stereocenters. The van der Waals surface area contributed by atoms with Gasteiger partial charge in [-0.1, -0.05) is 40.2 Å². The van der Waals surface area contributed by atoms with Gasteiger partial charge < -0.3 is 4.74 Å². The van der Waals surface area contributed by atoms with E-state index in [-0.39, 0.29) is 0 Å². The van der Waals surface area contributed by atoms with Gasteiger partial charge in [0.05, 0.1) is 18.2 Å². The van der Waals surface area contributed by atoms with E-state index < -0.39 is 0 Å². The number of rotatable bonds is 3. The van der Waals surface area contributed by atoms with Gasteiger partial charge in [-0.25, -0.2) is 14.5 Å². The minimum absolute atomic E-state index is 0.661. The summed E-state index contributed by atoms with van der Waals surface area (Å²) in [7, 11) is 1.68. The summed E-state index contributed by atoms with van der Waals surface area (Å²) in [5.74, 6) is 1.46. The van der Waals surface area contributed by atoms with Crippen molar-refractivity contribution in [3.05, 3.63) is 70.6 Å². The second-order valence-corrected chi connectivity index (χ2v) is 7.70. The van der Waals surface area contributed by atoms with Crippen molar-refractivity contribution in [2.24, 2.45) is 0 Å². The summed E-state index contributed by atoms with van der Waals surface area (Å²) >= 11 is 3.59. The van der Waals surface area contributed by atoms with Gasteiger partial charge in [-0.3, -0.25) is 4.57 Å². The first kappa shape index (κ1) is 17.9. The number of para-hydroxylation sites is 2. The van der Waals surface area contributed by atoms with Crippen molar-refractivity contribution in [2.45, 2.75) is 13.8 Å². The first-order chi connectivity index (χ1) is 14.1. The molecule has 0 saturated carbocycles. The fourth-order valence-corrected chi connectivity index (χ4v) is 4.19. The van der Waals surface area contributed by atoms with Gasteiger partial charge in [0.2, 0.25) is 0 Å². The maximum atomic E-state index is 5.59. The molecule has 0 saturated heterocycles. The van der Waals surface area contributed by atoms with Crippen molar-refractivity contribution in [3.63, 3.8) is 0 Å². The van der Waals surface area contributed by atoms with Gasteiger partial charge in [0, 0.05) is 15.7 Å². The minimum atomic E-state index is 0.661. The Balaban J connectivity index is 1.82. The van der Waals surface area contributed by atoms with Gasteiger partial charge in [0.15, 0.2) is 17.1 Å². The molecule has 2 aromatic carbocycles. The van der Waals surface area contributed by atoms with E-state index in [1.54, 1.807) is 18.0 Å². The summed E-state index contributed by atoms with van der Waals surface area (Å²) < 4.78 is 10.4. The quantitative estimate of drug-likeness (QED) is 0.384. The topological polar surface area (TPSA) is 57.2 Å². The number of benzene rings is 2. The van der Waals surface area contributed by atoms with Crippen molar-refractivity contribution in [1.82, 2.24) is 24.1 Å². The average Bonchev–Trinajstić information content (AvgIpc) is 3.27. The number of nitrogens with zero attached hydrogens (tertiary/aromatic N) is 5. The van der Waals surface area contributed by atoms with Crippen LogP contribution in [0.5, 0.6) is 5.75 Å². The van der Waals surface area contributed by atoms with Crippen molar-refractivity contribution < 1.29 is 4.74 Å². The van der Waals surface area contributed by atoms with Crippen molar-refractivity contribution in [2.75, 3.05) is 7.11 Å². The van der Waals surface area contributed by atoms with Gasteiger partial charge in [0.1, 0.15) is 12.1 Å². The highest BCUT2D eigenvalue weighted by Gasteiger charge is 2.21. The molecule has 6 nitrogen and oxygen atoms in total. The van der Waals surface area contributed by atoms with Crippen LogP contribution in [-0.2, 0) is 0 Å². The highest BCUT2D eigenvalue weighted by Crippen LogP contribution is 2.34. The second kappa shape index (κ2) is 6.70. The Kier molecular flexibility index (Phi) is 4.13. The van der Waals surface area contributed by atoms with Gasteiger partial charge in [-0.05, 0) is 43.7 Å². The molecule has 3 heterocycles. The minimum Gasteiger partial charge on any atom is -0.495 e. The number of hydrogen-bond donors (Lipinski definition) is 0. The van der Waals surface area contributed by atoms with E-state index in [9.17, 15) is 0 Å². The largest absolute Gasteiger partial charge is 0.495 e. The maximum Gasteiger partial charge on any atom is 0.183 e. The molecule has 0 N–H and O–H groups in total. The van der Waals surface area contributed by atoms with Crippen molar-refractivity contribution in [3.8, 4) is 22.8 Å². The number of aromatic nitrogens is 5. The lowest BCUT2D eigenvalue weighted by molar-refractivity contribution is 0.413. The van der Waals surface area contributed by atoms with Crippen LogP contribution in [0.25, 0.3) is 33.8 Å². The third-order valence-corrected chi connectivity index (χ3v) is 5.97. The third-order valence-electron chi connectivity index (χ3n) is 5.27. The lowest BCUT2D eigenvalue weighted by Gasteiger charge is -2.12. The standard InChI is InChI=1S/C22H18BrN5O/c1-13-14(2)28(17-10-6-7-11-18(17)29-3)21-19(13)22-25-20(26-27(22)12-24-21)15-8-4-5-9-16(15)23/h4-12H,1-3H3. The maximum absolute atomic E-state index is 5.59. The molecule has 7 heteroatoms. The van der Waals surface area contributed by atoms with Crippen LogP contribution >= 0.6 is 15.9 Å². The Morgan fingerprint density at radius 2 is 1.72 bits per heavy atom. The Bertz CT molecular complexity index is 1390. The molecule has 0 radical (unpaired) electrons. The predicted octanol–water partition coefficient (Wildman–Crippen LogP) is 5.12. The van der Waals surface area contributed by atoms with Gasteiger partial charge >= 0.3 is 0 Å². The van der Waals surface area contributed by atoms with Crippen molar-refractivity contribution >= 4 is 32.6 Å². The summed E-state index contributed by atoms with van der Waals surface area (Å²) in [6, 6.07) is 15.9. The van der Waals surface area contributed by atoms with E-state index in [1.165, 1.54) is 0 Å². The zero-order chi connectivity index (χ0) is 20.1. The van der Waals surface area contributed by atoms with Crippen LogP contribution < -0.4 is 4.74 Å². The lowest BCUT2D eigenvalue weighted by Crippen LogP contribution is -2.01. The molecule has 3 aromatic heterocycles. The van der Waals surface area contributed by atoms with Gasteiger partial charge in [-0.2, -0.15) is 0 Å². The van der Waals surface area contributed by atoms with Gasteiger partial charge in [-0.15, -0.1) is 5.10 Å². The summed E-state index contributed by atoms with van der Waals surface area (Å²) in [5, 5.41) is 5.65. The number of methoxy groups -OCH3 is 1. The first-order valence-electron chi connectivity index (χ1n) is 9.21. The molecular weight excluding hydrogens is 430 g/mol. The molecule has 0 spiro atoms. The summed E-state index contributed by atoms with van der Waals surface area (Å²) in [4.78, 5) is 9.59. The fourth-order valence-electron chi connectivity index (χ4n) is 3.73. The molecule has 0 bridgehead atoms. The SMILES string of the molecule is COc1ccccc1-n1c(C)c(C)c2c1ncn1nc(-c3ccccc3Br)nc21. The highest BCUT2D eigenvalue weighted by atomic mass is 79.9. The molecule has 5 rings (SSSR count). The number of halogens is 1. The van der Waals surface area contributed by atoms with Crippen LogP contribution in [0.2, 0.25) is 0 Å². The molecule has 0 aliphatic heterocycles. The van der Waals surface area contributed by atoms with E-state index in [0.717, 1.165) is 49.4 Å². The Labute approximate surface area is 175 Å². The highest BCUT2D eigenvalue weighted by molar-refractivity contribution is 9.10. The Hall–Kier alpha value is -3.19. The third kappa shape index (κ3) is 2.65. The van der Waals surface area contributed by atoms with E-state index in [0.29, 0.717) is 5.82 Å². The van der Waals surface area contributed by atoms with Gasteiger partial charge in [0.25, 0.3) is 0 Å². The Morgan fingerprint density at radius 3 is 2.52 bits per heavy atom. The fraction of sp³-hybridized carbons (Fsp3) is 0.136. The monoisotopic (exact) mass is 447 g/mol. The first-order valence-corrected chi connectivity index (χ1v) is 10.0. The van der Waals surface area contributed by atoms with Crippen LogP contribution in [-0.4, -0.2) is 31.3 Å². The van der Waals surface area contributed by atoms with Crippen LogP contribution in [0.1, 0.15) is 11.3 Å². The normalized spacial score (nSPS) is 11.4. The molecule has 5 aromatic rings. The van der Waals surface area contributed by atoms with Crippen LogP contribution in [0.4, 0.5) is 0 Å². The molecular formula is C22H18BrN5O. The number of hydrogen-bond acceptors (Lipinski definition) is 4. The molecule has 0 amide bonds. The summed E-state index contributed by atoms with van der Waals surface area (Å²) in [6.07, 6.45) is 1.72. The van der Waals surface area contributed by atoms with E-state index in [2.05, 4.69) is 39.4 Å². The molecule has 144 valence electrons. The molecule has 29 heavy (non-hydrogen) atoms. The zero-order valence-electron chi connectivity index (χ0n) is 16.2. The predicted molar refractivity (Wildman–Crippen MR) is 117 cm³/mol. The number of aryl methyl sites for hydroxylation is 1. The number of fused-ring (bicyclic) bond motifs is 3. The van der Waals surface area contributed by atoms with Crippen LogP contribution in [0.15, 0.2) is 59.3 Å². The van der Waals surface area contributed by atoms with E-state index in [1.807, 2.05) is 48.5 Å². The smallest absolute Gasteiger partial charge is 0.183 e. The molecule has 0 aliphatic rings. The summed E-state index contributed by atoms with van der Waals surface area (Å²) in [5.41, 5.74) is 5.74. The molecule has 0 atom stereocenters. The van der Waals surface area contributed by atoms with E-state index in [4.69, 9.17) is 14.7 Å². The molecule has 0 aliphatic carbocycles. The number of ether oxygens (including phenoxy) is 1. The molecule has 0 fully saturated rings.